The molecule has 0 radical (unpaired) electrons. The summed E-state index contributed by atoms with van der Waals surface area (Å²) < 4.78 is 9.90. The average Bonchev–Trinajstić information content (AvgIpc) is 2.48. The van der Waals surface area contributed by atoms with Crippen LogP contribution in [0.2, 0.25) is 0 Å². The molecule has 1 aromatic heterocycles. The Morgan fingerprint density at radius 2 is 2.00 bits per heavy atom. The van der Waals surface area contributed by atoms with Crippen LogP contribution in [0.15, 0.2) is 41.3 Å². The van der Waals surface area contributed by atoms with Crippen LogP contribution < -0.4 is 5.56 Å². The summed E-state index contributed by atoms with van der Waals surface area (Å²) in [6.07, 6.45) is 1.19. The largest absolute Gasteiger partial charge is 0.465 e. The van der Waals surface area contributed by atoms with Gasteiger partial charge in [0.25, 0.3) is 5.56 Å². The molecule has 1 aromatic carbocycles. The standard InChI is InChI=1S/C14H14N2O4/c1-19-14(18)11-7-15-12(16-13(11)17)9-20-8-10-5-3-2-4-6-10/h2-7H,8-9H2,1H3,(H,15,16,17). The predicted octanol–water partition coefficient (Wildman–Crippen LogP) is 1.27. The zero-order valence-corrected chi connectivity index (χ0v) is 11.0. The van der Waals surface area contributed by atoms with Crippen LogP contribution in [-0.2, 0) is 22.7 Å². The first-order valence-corrected chi connectivity index (χ1v) is 5.99. The average molecular weight is 274 g/mol. The van der Waals surface area contributed by atoms with Gasteiger partial charge in [-0.15, -0.1) is 0 Å². The van der Waals surface area contributed by atoms with Gasteiger partial charge in [0, 0.05) is 6.20 Å². The maximum atomic E-state index is 11.6. The second kappa shape index (κ2) is 6.63. The van der Waals surface area contributed by atoms with E-state index in [4.69, 9.17) is 4.74 Å². The number of benzene rings is 1. The number of nitrogens with one attached hydrogen (secondary N) is 1. The number of ether oxygens (including phenoxy) is 2. The smallest absolute Gasteiger partial charge is 0.345 e. The molecule has 0 saturated heterocycles. The van der Waals surface area contributed by atoms with Crippen LogP contribution in [0.4, 0.5) is 0 Å². The molecule has 2 rings (SSSR count). The lowest BCUT2D eigenvalue weighted by atomic mass is 10.2. The van der Waals surface area contributed by atoms with Gasteiger partial charge in [0.05, 0.1) is 13.7 Å². The number of nitrogens with zero attached hydrogens (tertiary/aromatic N) is 1. The van der Waals surface area contributed by atoms with E-state index in [1.165, 1.54) is 13.3 Å². The summed E-state index contributed by atoms with van der Waals surface area (Å²) in [6.45, 7) is 0.578. The topological polar surface area (TPSA) is 81.3 Å². The third-order valence-electron chi connectivity index (χ3n) is 2.61. The first kappa shape index (κ1) is 14.0. The Balaban J connectivity index is 1.96. The van der Waals surface area contributed by atoms with Gasteiger partial charge in [-0.1, -0.05) is 30.3 Å². The molecule has 1 heterocycles. The summed E-state index contributed by atoms with van der Waals surface area (Å²) in [4.78, 5) is 29.3. The van der Waals surface area contributed by atoms with Gasteiger partial charge in [-0.3, -0.25) is 4.79 Å². The quantitative estimate of drug-likeness (QED) is 0.830. The van der Waals surface area contributed by atoms with Gasteiger partial charge in [-0.25, -0.2) is 9.78 Å². The number of H-pyrrole nitrogens is 1. The van der Waals surface area contributed by atoms with Gasteiger partial charge in [0.1, 0.15) is 18.0 Å². The molecular weight excluding hydrogens is 260 g/mol. The zero-order chi connectivity index (χ0) is 14.4. The van der Waals surface area contributed by atoms with Crippen molar-refractivity contribution < 1.29 is 14.3 Å². The fraction of sp³-hybridized carbons (Fsp3) is 0.214. The number of aromatic amines is 1. The van der Waals surface area contributed by atoms with Gasteiger partial charge >= 0.3 is 5.97 Å². The van der Waals surface area contributed by atoms with Crippen molar-refractivity contribution in [3.8, 4) is 0 Å². The number of hydrogen-bond donors (Lipinski definition) is 1. The van der Waals surface area contributed by atoms with Crippen LogP contribution in [0.25, 0.3) is 0 Å². The maximum Gasteiger partial charge on any atom is 0.345 e. The van der Waals surface area contributed by atoms with Gasteiger partial charge in [0.2, 0.25) is 0 Å². The summed E-state index contributed by atoms with van der Waals surface area (Å²) in [6, 6.07) is 9.65. The molecule has 0 unspecified atom stereocenters. The Morgan fingerprint density at radius 3 is 2.65 bits per heavy atom. The first-order chi connectivity index (χ1) is 9.70. The summed E-state index contributed by atoms with van der Waals surface area (Å²) in [5.41, 5.74) is 0.366. The van der Waals surface area contributed by atoms with E-state index in [1.807, 2.05) is 30.3 Å². The number of rotatable bonds is 5. The highest BCUT2D eigenvalue weighted by Crippen LogP contribution is 2.02. The summed E-state index contributed by atoms with van der Waals surface area (Å²) in [5.74, 6) is -0.353. The van der Waals surface area contributed by atoms with Crippen molar-refractivity contribution in [3.05, 3.63) is 63.8 Å². The lowest BCUT2D eigenvalue weighted by molar-refractivity contribution is 0.0597. The van der Waals surface area contributed by atoms with E-state index < -0.39 is 11.5 Å². The monoisotopic (exact) mass is 274 g/mol. The molecule has 0 spiro atoms. The van der Waals surface area contributed by atoms with Crippen molar-refractivity contribution >= 4 is 5.97 Å². The first-order valence-electron chi connectivity index (χ1n) is 5.99. The van der Waals surface area contributed by atoms with E-state index in [0.29, 0.717) is 12.4 Å². The molecule has 0 saturated carbocycles. The van der Waals surface area contributed by atoms with E-state index in [1.54, 1.807) is 0 Å². The van der Waals surface area contributed by atoms with Gasteiger partial charge in [0.15, 0.2) is 0 Å². The van der Waals surface area contributed by atoms with Crippen LogP contribution in [0.1, 0.15) is 21.7 Å². The summed E-state index contributed by atoms with van der Waals surface area (Å²) >= 11 is 0. The Labute approximate surface area is 115 Å². The molecule has 0 bridgehead atoms. The summed E-state index contributed by atoms with van der Waals surface area (Å²) in [7, 11) is 1.21. The molecule has 0 atom stereocenters. The molecule has 6 nitrogen and oxygen atoms in total. The molecule has 6 heteroatoms. The Bertz CT molecular complexity index is 637. The summed E-state index contributed by atoms with van der Waals surface area (Å²) in [5, 5.41) is 0. The molecule has 1 N–H and O–H groups in total. The van der Waals surface area contributed by atoms with Gasteiger partial charge < -0.3 is 14.5 Å². The third kappa shape index (κ3) is 3.52. The molecule has 0 fully saturated rings. The van der Waals surface area contributed by atoms with Crippen molar-refractivity contribution in [3.63, 3.8) is 0 Å². The molecule has 0 amide bonds. The number of methoxy groups -OCH3 is 1. The van der Waals surface area contributed by atoms with E-state index in [-0.39, 0.29) is 12.2 Å². The van der Waals surface area contributed by atoms with Crippen molar-refractivity contribution in [1.29, 1.82) is 0 Å². The SMILES string of the molecule is COC(=O)c1cnc(COCc2ccccc2)[nH]c1=O. The normalized spacial score (nSPS) is 10.2. The highest BCUT2D eigenvalue weighted by atomic mass is 16.5. The van der Waals surface area contributed by atoms with E-state index >= 15 is 0 Å². The minimum Gasteiger partial charge on any atom is -0.465 e. The lowest BCUT2D eigenvalue weighted by Crippen LogP contribution is -2.21. The molecule has 0 aliphatic rings. The Kier molecular flexibility index (Phi) is 4.62. The Morgan fingerprint density at radius 1 is 1.25 bits per heavy atom. The molecule has 104 valence electrons. The van der Waals surface area contributed by atoms with Crippen LogP contribution >= 0.6 is 0 Å². The fourth-order valence-electron chi connectivity index (χ4n) is 1.60. The minimum absolute atomic E-state index is 0.126. The molecule has 2 aromatic rings. The van der Waals surface area contributed by atoms with E-state index in [9.17, 15) is 9.59 Å². The highest BCUT2D eigenvalue weighted by molar-refractivity contribution is 5.88. The van der Waals surface area contributed by atoms with Crippen LogP contribution in [0.3, 0.4) is 0 Å². The number of aromatic nitrogens is 2. The highest BCUT2D eigenvalue weighted by Gasteiger charge is 2.11. The van der Waals surface area contributed by atoms with E-state index in [2.05, 4.69) is 14.7 Å². The fourth-order valence-corrected chi connectivity index (χ4v) is 1.60. The molecular formula is C14H14N2O4. The van der Waals surface area contributed by atoms with E-state index in [0.717, 1.165) is 5.56 Å². The second-order valence-corrected chi connectivity index (χ2v) is 4.04. The second-order valence-electron chi connectivity index (χ2n) is 4.04. The van der Waals surface area contributed by atoms with Crippen molar-refractivity contribution in [2.75, 3.05) is 7.11 Å². The molecule has 0 aliphatic carbocycles. The van der Waals surface area contributed by atoms with Crippen molar-refractivity contribution in [2.24, 2.45) is 0 Å². The predicted molar refractivity (Wildman–Crippen MR) is 71.1 cm³/mol. The van der Waals surface area contributed by atoms with Gasteiger partial charge in [-0.05, 0) is 5.56 Å². The number of carbonyl (C=O) groups is 1. The minimum atomic E-state index is -0.712. The Hall–Kier alpha value is -2.47. The van der Waals surface area contributed by atoms with Crippen molar-refractivity contribution in [1.82, 2.24) is 9.97 Å². The molecule has 0 aliphatic heterocycles. The number of hydrogen-bond acceptors (Lipinski definition) is 5. The third-order valence-corrected chi connectivity index (χ3v) is 2.61. The maximum absolute atomic E-state index is 11.6. The van der Waals surface area contributed by atoms with Crippen LogP contribution in [0, 0.1) is 0 Å². The number of esters is 1. The van der Waals surface area contributed by atoms with Crippen molar-refractivity contribution in [2.45, 2.75) is 13.2 Å². The molecule has 20 heavy (non-hydrogen) atoms. The van der Waals surface area contributed by atoms with Crippen LogP contribution in [-0.4, -0.2) is 23.0 Å². The lowest BCUT2D eigenvalue weighted by Gasteiger charge is -2.04. The zero-order valence-electron chi connectivity index (χ0n) is 11.0. The number of carbonyl (C=O) groups excluding carboxylic acids is 1. The van der Waals surface area contributed by atoms with Gasteiger partial charge in [-0.2, -0.15) is 0 Å². The van der Waals surface area contributed by atoms with Crippen LogP contribution in [0.5, 0.6) is 0 Å².